The Kier molecular flexibility index (Phi) is 5.70. The van der Waals surface area contributed by atoms with Gasteiger partial charge in [0.2, 0.25) is 0 Å². The summed E-state index contributed by atoms with van der Waals surface area (Å²) in [7, 11) is 0. The zero-order valence-electron chi connectivity index (χ0n) is 16.4. The number of carbonyl (C=O) groups is 3. The summed E-state index contributed by atoms with van der Waals surface area (Å²) in [6.45, 7) is 0.534. The highest BCUT2D eigenvalue weighted by molar-refractivity contribution is 6.22. The van der Waals surface area contributed by atoms with Crippen LogP contribution in [0.15, 0.2) is 72.8 Å². The van der Waals surface area contributed by atoms with Gasteiger partial charge < -0.3 is 4.74 Å². The van der Waals surface area contributed by atoms with Crippen LogP contribution in [0.25, 0.3) is 0 Å². The number of amides is 2. The standard InChI is InChI=1S/C25H21NO4/c27-23(18-8-2-1-3-9-18)19-12-14-20(15-13-19)30-16-5-4-7-17-10-6-11-21-22(17)25(29)26-24(21)28/h1-3,6,8-15H,4-5,7,16H2,(H,26,28,29). The Morgan fingerprint density at radius 2 is 1.50 bits per heavy atom. The first-order valence-electron chi connectivity index (χ1n) is 9.93. The number of rotatable bonds is 8. The molecule has 3 aromatic carbocycles. The fourth-order valence-electron chi connectivity index (χ4n) is 3.57. The Bertz CT molecular complexity index is 1090. The summed E-state index contributed by atoms with van der Waals surface area (Å²) in [4.78, 5) is 36.1. The third-order valence-corrected chi connectivity index (χ3v) is 5.11. The number of unbranched alkanes of at least 4 members (excludes halogenated alkanes) is 1. The Morgan fingerprint density at radius 1 is 0.767 bits per heavy atom. The lowest BCUT2D eigenvalue weighted by Gasteiger charge is -2.08. The fraction of sp³-hybridized carbons (Fsp3) is 0.160. The van der Waals surface area contributed by atoms with Crippen LogP contribution in [0.4, 0.5) is 0 Å². The molecule has 5 nitrogen and oxygen atoms in total. The van der Waals surface area contributed by atoms with Crippen LogP contribution >= 0.6 is 0 Å². The summed E-state index contributed by atoms with van der Waals surface area (Å²) >= 11 is 0. The average molecular weight is 399 g/mol. The molecule has 0 spiro atoms. The van der Waals surface area contributed by atoms with Crippen LogP contribution in [0, 0.1) is 0 Å². The van der Waals surface area contributed by atoms with Crippen molar-refractivity contribution in [2.24, 2.45) is 0 Å². The molecule has 2 amide bonds. The Hall–Kier alpha value is -3.73. The van der Waals surface area contributed by atoms with Gasteiger partial charge in [-0.2, -0.15) is 0 Å². The lowest BCUT2D eigenvalue weighted by atomic mass is 9.98. The summed E-state index contributed by atoms with van der Waals surface area (Å²) in [6, 6.07) is 21.7. The summed E-state index contributed by atoms with van der Waals surface area (Å²) in [6.07, 6.45) is 2.35. The van der Waals surface area contributed by atoms with Crippen LogP contribution in [0.3, 0.4) is 0 Å². The molecular weight excluding hydrogens is 378 g/mol. The van der Waals surface area contributed by atoms with Gasteiger partial charge in [-0.05, 0) is 55.2 Å². The van der Waals surface area contributed by atoms with E-state index < -0.39 is 0 Å². The highest BCUT2D eigenvalue weighted by Gasteiger charge is 2.28. The number of nitrogens with one attached hydrogen (secondary N) is 1. The lowest BCUT2D eigenvalue weighted by Crippen LogP contribution is -2.20. The number of imide groups is 1. The molecule has 1 heterocycles. The number of ether oxygens (including phenoxy) is 1. The summed E-state index contributed by atoms with van der Waals surface area (Å²) in [5.74, 6) is 0.0617. The topological polar surface area (TPSA) is 72.5 Å². The lowest BCUT2D eigenvalue weighted by molar-refractivity contribution is 0.0878. The monoisotopic (exact) mass is 399 g/mol. The van der Waals surface area contributed by atoms with E-state index in [0.29, 0.717) is 41.0 Å². The van der Waals surface area contributed by atoms with Gasteiger partial charge in [-0.25, -0.2) is 0 Å². The van der Waals surface area contributed by atoms with Gasteiger partial charge in [-0.3, -0.25) is 19.7 Å². The van der Waals surface area contributed by atoms with Gasteiger partial charge in [0, 0.05) is 11.1 Å². The molecule has 0 saturated carbocycles. The van der Waals surface area contributed by atoms with Crippen molar-refractivity contribution in [3.05, 3.63) is 101 Å². The molecule has 1 aliphatic rings. The third-order valence-electron chi connectivity index (χ3n) is 5.11. The number of aryl methyl sites for hydroxylation is 1. The molecule has 4 rings (SSSR count). The van der Waals surface area contributed by atoms with Gasteiger partial charge in [0.1, 0.15) is 5.75 Å². The molecule has 0 atom stereocenters. The second-order valence-corrected chi connectivity index (χ2v) is 7.15. The number of fused-ring (bicyclic) bond motifs is 1. The van der Waals surface area contributed by atoms with Gasteiger partial charge in [0.15, 0.2) is 5.78 Å². The maximum absolute atomic E-state index is 12.4. The molecule has 1 N–H and O–H groups in total. The quantitative estimate of drug-likeness (QED) is 0.350. The first-order chi connectivity index (χ1) is 14.6. The fourth-order valence-corrected chi connectivity index (χ4v) is 3.57. The van der Waals surface area contributed by atoms with Crippen molar-refractivity contribution in [3.63, 3.8) is 0 Å². The molecule has 0 saturated heterocycles. The van der Waals surface area contributed by atoms with Crippen molar-refractivity contribution in [2.45, 2.75) is 19.3 Å². The second kappa shape index (κ2) is 8.74. The average Bonchev–Trinajstić information content (AvgIpc) is 3.08. The molecular formula is C25H21NO4. The van der Waals surface area contributed by atoms with E-state index in [1.165, 1.54) is 0 Å². The predicted molar refractivity (Wildman–Crippen MR) is 113 cm³/mol. The van der Waals surface area contributed by atoms with Crippen LogP contribution in [-0.2, 0) is 6.42 Å². The maximum atomic E-state index is 12.4. The minimum atomic E-state index is -0.325. The third kappa shape index (κ3) is 4.15. The van der Waals surface area contributed by atoms with Gasteiger partial charge >= 0.3 is 0 Å². The van der Waals surface area contributed by atoms with E-state index in [2.05, 4.69) is 5.32 Å². The van der Waals surface area contributed by atoms with Crippen LogP contribution in [0.2, 0.25) is 0 Å². The van der Waals surface area contributed by atoms with Crippen molar-refractivity contribution in [2.75, 3.05) is 6.61 Å². The maximum Gasteiger partial charge on any atom is 0.259 e. The van der Waals surface area contributed by atoms with Crippen molar-refractivity contribution < 1.29 is 19.1 Å². The molecule has 1 aliphatic heterocycles. The van der Waals surface area contributed by atoms with E-state index in [9.17, 15) is 14.4 Å². The molecule has 0 bridgehead atoms. The predicted octanol–water partition coefficient (Wildman–Crippen LogP) is 4.20. The van der Waals surface area contributed by atoms with Gasteiger partial charge in [-0.15, -0.1) is 0 Å². The molecule has 0 aromatic heterocycles. The van der Waals surface area contributed by atoms with Gasteiger partial charge in [-0.1, -0.05) is 42.5 Å². The van der Waals surface area contributed by atoms with Crippen LogP contribution in [-0.4, -0.2) is 24.2 Å². The second-order valence-electron chi connectivity index (χ2n) is 7.15. The smallest absolute Gasteiger partial charge is 0.259 e. The zero-order valence-corrected chi connectivity index (χ0v) is 16.4. The number of carbonyl (C=O) groups excluding carboxylic acids is 3. The molecule has 0 radical (unpaired) electrons. The zero-order chi connectivity index (χ0) is 20.9. The van der Waals surface area contributed by atoms with Gasteiger partial charge in [0.25, 0.3) is 11.8 Å². The summed E-state index contributed by atoms with van der Waals surface area (Å²) < 4.78 is 5.77. The van der Waals surface area contributed by atoms with Crippen molar-refractivity contribution in [1.82, 2.24) is 5.32 Å². The first kappa shape index (κ1) is 19.6. The molecule has 0 unspecified atom stereocenters. The van der Waals surface area contributed by atoms with E-state index in [4.69, 9.17) is 4.74 Å². The Labute approximate surface area is 174 Å². The van der Waals surface area contributed by atoms with E-state index in [1.54, 1.807) is 48.5 Å². The van der Waals surface area contributed by atoms with E-state index in [1.807, 2.05) is 24.3 Å². The van der Waals surface area contributed by atoms with Gasteiger partial charge in [0.05, 0.1) is 17.7 Å². The Balaban J connectivity index is 1.26. The largest absolute Gasteiger partial charge is 0.494 e. The SMILES string of the molecule is O=C(c1ccccc1)c1ccc(OCCCCc2cccc3c2C(=O)NC3=O)cc1. The van der Waals surface area contributed by atoms with Crippen LogP contribution in [0.5, 0.6) is 5.75 Å². The minimum absolute atomic E-state index is 0.0138. The van der Waals surface area contributed by atoms with E-state index in [-0.39, 0.29) is 17.6 Å². The van der Waals surface area contributed by atoms with Crippen LogP contribution in [0.1, 0.15) is 55.0 Å². The molecule has 0 aliphatic carbocycles. The molecule has 5 heteroatoms. The van der Waals surface area contributed by atoms with Crippen molar-refractivity contribution in [1.29, 1.82) is 0 Å². The van der Waals surface area contributed by atoms with Crippen LogP contribution < -0.4 is 10.1 Å². The van der Waals surface area contributed by atoms with Crippen molar-refractivity contribution >= 4 is 17.6 Å². The number of benzene rings is 3. The summed E-state index contributed by atoms with van der Waals surface area (Å²) in [5.41, 5.74) is 3.13. The Morgan fingerprint density at radius 3 is 2.27 bits per heavy atom. The minimum Gasteiger partial charge on any atom is -0.494 e. The molecule has 3 aromatic rings. The number of hydrogen-bond donors (Lipinski definition) is 1. The normalized spacial score (nSPS) is 12.4. The summed E-state index contributed by atoms with van der Waals surface area (Å²) in [5, 5.41) is 2.34. The highest BCUT2D eigenvalue weighted by atomic mass is 16.5. The van der Waals surface area contributed by atoms with Crippen molar-refractivity contribution in [3.8, 4) is 5.75 Å². The van der Waals surface area contributed by atoms with E-state index >= 15 is 0 Å². The number of ketones is 1. The highest BCUT2D eigenvalue weighted by Crippen LogP contribution is 2.22. The van der Waals surface area contributed by atoms with E-state index in [0.717, 1.165) is 18.4 Å². The molecule has 30 heavy (non-hydrogen) atoms. The number of hydrogen-bond acceptors (Lipinski definition) is 4. The molecule has 150 valence electrons. The first-order valence-corrected chi connectivity index (χ1v) is 9.93. The molecule has 0 fully saturated rings.